The molecule has 2 heteroatoms. The van der Waals surface area contributed by atoms with Crippen LogP contribution in [0.25, 0.3) is 0 Å². The first-order chi connectivity index (χ1) is 7.00. The summed E-state index contributed by atoms with van der Waals surface area (Å²) in [4.78, 5) is 11.2. The van der Waals surface area contributed by atoms with E-state index in [0.29, 0.717) is 6.42 Å². The van der Waals surface area contributed by atoms with Crippen LogP contribution in [-0.4, -0.2) is 18.5 Å². The Labute approximate surface area is 91.7 Å². The van der Waals surface area contributed by atoms with Gasteiger partial charge in [-0.25, -0.2) is 0 Å². The zero-order valence-electron chi connectivity index (χ0n) is 9.93. The van der Waals surface area contributed by atoms with Gasteiger partial charge in [0, 0.05) is 6.42 Å². The van der Waals surface area contributed by atoms with Crippen molar-refractivity contribution < 1.29 is 9.53 Å². The van der Waals surface area contributed by atoms with Crippen LogP contribution in [0.2, 0.25) is 0 Å². The van der Waals surface area contributed by atoms with Gasteiger partial charge in [0.15, 0.2) is 0 Å². The monoisotopic (exact) mass is 208 g/mol. The fourth-order valence-electron chi connectivity index (χ4n) is 3.01. The van der Waals surface area contributed by atoms with Crippen molar-refractivity contribution in [2.24, 2.45) is 5.41 Å². The quantitative estimate of drug-likeness (QED) is 0.652. The minimum Gasteiger partial charge on any atom is -0.369 e. The highest BCUT2D eigenvalue weighted by Gasteiger charge is 2.39. The summed E-state index contributed by atoms with van der Waals surface area (Å²) in [6, 6.07) is 0. The van der Waals surface area contributed by atoms with E-state index in [1.54, 1.807) is 6.92 Å². The third kappa shape index (κ3) is 2.00. The summed E-state index contributed by atoms with van der Waals surface area (Å²) < 4.78 is 5.75. The van der Waals surface area contributed by atoms with Gasteiger partial charge in [0.2, 0.25) is 0 Å². The lowest BCUT2D eigenvalue weighted by atomic mass is 9.71. The average Bonchev–Trinajstić information content (AvgIpc) is 2.48. The Bertz CT molecular complexity index is 312. The molecule has 15 heavy (non-hydrogen) atoms. The predicted octanol–water partition coefficient (Wildman–Crippen LogP) is 2.87. The van der Waals surface area contributed by atoms with Crippen LogP contribution in [-0.2, 0) is 9.53 Å². The van der Waals surface area contributed by atoms with Crippen LogP contribution in [0.3, 0.4) is 0 Å². The van der Waals surface area contributed by atoms with E-state index < -0.39 is 0 Å². The fourth-order valence-corrected chi connectivity index (χ4v) is 3.01. The van der Waals surface area contributed by atoms with Crippen LogP contribution in [0, 0.1) is 5.41 Å². The molecule has 0 aromatic heterocycles. The number of rotatable bonds is 2. The number of Topliss-reactive ketones (excluding diaryl/α,β-unsaturated/α-hetero) is 1. The predicted molar refractivity (Wildman–Crippen MR) is 59.7 cm³/mol. The van der Waals surface area contributed by atoms with E-state index in [0.717, 1.165) is 6.61 Å². The molecule has 0 saturated heterocycles. The first-order valence-corrected chi connectivity index (χ1v) is 5.84. The number of carbonyl (C=O) groups excluding carboxylic acids is 1. The van der Waals surface area contributed by atoms with Gasteiger partial charge in [0.25, 0.3) is 0 Å². The van der Waals surface area contributed by atoms with Gasteiger partial charge in [-0.05, 0) is 42.7 Å². The van der Waals surface area contributed by atoms with Crippen LogP contribution in [0.1, 0.15) is 46.5 Å². The summed E-state index contributed by atoms with van der Waals surface area (Å²) >= 11 is 0. The number of carbonyl (C=O) groups is 1. The van der Waals surface area contributed by atoms with Crippen molar-refractivity contribution in [2.75, 3.05) is 6.61 Å². The van der Waals surface area contributed by atoms with E-state index in [1.807, 2.05) is 0 Å². The Kier molecular flexibility index (Phi) is 2.72. The van der Waals surface area contributed by atoms with Crippen molar-refractivity contribution in [1.29, 1.82) is 0 Å². The summed E-state index contributed by atoms with van der Waals surface area (Å²) in [6.45, 7) is 6.97. The van der Waals surface area contributed by atoms with Gasteiger partial charge < -0.3 is 4.74 Å². The molecule has 0 aromatic rings. The van der Waals surface area contributed by atoms with E-state index in [9.17, 15) is 4.79 Å². The lowest BCUT2D eigenvalue weighted by molar-refractivity contribution is -0.118. The van der Waals surface area contributed by atoms with E-state index >= 15 is 0 Å². The van der Waals surface area contributed by atoms with Crippen molar-refractivity contribution in [2.45, 2.75) is 52.6 Å². The second kappa shape index (κ2) is 3.75. The van der Waals surface area contributed by atoms with Crippen LogP contribution in [0.4, 0.5) is 0 Å². The largest absolute Gasteiger partial charge is 0.369 e. The van der Waals surface area contributed by atoms with Gasteiger partial charge in [-0.2, -0.15) is 0 Å². The molecule has 2 aliphatic rings. The highest BCUT2D eigenvalue weighted by molar-refractivity contribution is 5.76. The minimum absolute atomic E-state index is 0.0767. The zero-order valence-corrected chi connectivity index (χ0v) is 9.93. The molecule has 0 amide bonds. The lowest BCUT2D eigenvalue weighted by Crippen LogP contribution is -2.27. The fraction of sp³-hybridized carbons (Fsp3) is 0.769. The van der Waals surface area contributed by atoms with Crippen molar-refractivity contribution in [3.05, 3.63) is 11.1 Å². The van der Waals surface area contributed by atoms with E-state index in [-0.39, 0.29) is 17.3 Å². The summed E-state index contributed by atoms with van der Waals surface area (Å²) in [7, 11) is 0. The Morgan fingerprint density at radius 2 is 2.27 bits per heavy atom. The van der Waals surface area contributed by atoms with Gasteiger partial charge in [-0.1, -0.05) is 13.8 Å². The molecular formula is C13H20O2. The number of ketones is 1. The van der Waals surface area contributed by atoms with Gasteiger partial charge in [-0.15, -0.1) is 0 Å². The average molecular weight is 208 g/mol. The topological polar surface area (TPSA) is 26.3 Å². The SMILES string of the molecule is CC(=O)C[C@H]1OCC2=C1C(C)(C)CCC2. The zero-order chi connectivity index (χ0) is 11.1. The highest BCUT2D eigenvalue weighted by atomic mass is 16.5. The molecule has 1 heterocycles. The third-order valence-corrected chi connectivity index (χ3v) is 3.64. The lowest BCUT2D eigenvalue weighted by Gasteiger charge is -2.34. The second-order valence-electron chi connectivity index (χ2n) is 5.46. The summed E-state index contributed by atoms with van der Waals surface area (Å²) in [5.74, 6) is 0.232. The van der Waals surface area contributed by atoms with Crippen molar-refractivity contribution in [3.8, 4) is 0 Å². The van der Waals surface area contributed by atoms with E-state index in [1.165, 1.54) is 30.4 Å². The summed E-state index contributed by atoms with van der Waals surface area (Å²) in [6.07, 6.45) is 4.30. The Hall–Kier alpha value is -0.630. The van der Waals surface area contributed by atoms with Crippen molar-refractivity contribution >= 4 is 5.78 Å². The second-order valence-corrected chi connectivity index (χ2v) is 5.46. The van der Waals surface area contributed by atoms with Gasteiger partial charge in [0.1, 0.15) is 5.78 Å². The summed E-state index contributed by atoms with van der Waals surface area (Å²) in [5, 5.41) is 0. The highest BCUT2D eigenvalue weighted by Crippen LogP contribution is 2.46. The van der Waals surface area contributed by atoms with Gasteiger partial charge in [0.05, 0.1) is 12.7 Å². The number of hydrogen-bond donors (Lipinski definition) is 0. The van der Waals surface area contributed by atoms with E-state index in [2.05, 4.69) is 13.8 Å². The summed E-state index contributed by atoms with van der Waals surface area (Å²) in [5.41, 5.74) is 3.14. The maximum absolute atomic E-state index is 11.2. The molecule has 1 aliphatic heterocycles. The van der Waals surface area contributed by atoms with Crippen LogP contribution < -0.4 is 0 Å². The molecule has 0 radical (unpaired) electrons. The normalized spacial score (nSPS) is 29.1. The van der Waals surface area contributed by atoms with E-state index in [4.69, 9.17) is 4.74 Å². The van der Waals surface area contributed by atoms with Crippen molar-refractivity contribution in [3.63, 3.8) is 0 Å². The van der Waals surface area contributed by atoms with Gasteiger partial charge >= 0.3 is 0 Å². The Morgan fingerprint density at radius 3 is 2.93 bits per heavy atom. The third-order valence-electron chi connectivity index (χ3n) is 3.64. The molecular weight excluding hydrogens is 188 g/mol. The maximum Gasteiger partial charge on any atom is 0.132 e. The number of ether oxygens (including phenoxy) is 1. The molecule has 0 fully saturated rings. The first-order valence-electron chi connectivity index (χ1n) is 5.84. The molecule has 0 N–H and O–H groups in total. The molecule has 0 unspecified atom stereocenters. The minimum atomic E-state index is 0.0767. The van der Waals surface area contributed by atoms with Crippen molar-refractivity contribution in [1.82, 2.24) is 0 Å². The molecule has 0 aromatic carbocycles. The molecule has 1 atom stereocenters. The smallest absolute Gasteiger partial charge is 0.132 e. The molecule has 0 bridgehead atoms. The number of hydrogen-bond acceptors (Lipinski definition) is 2. The van der Waals surface area contributed by atoms with Crippen LogP contribution >= 0.6 is 0 Å². The molecule has 1 aliphatic carbocycles. The Morgan fingerprint density at radius 1 is 1.53 bits per heavy atom. The molecule has 0 saturated carbocycles. The van der Waals surface area contributed by atoms with Gasteiger partial charge in [-0.3, -0.25) is 4.79 Å². The molecule has 2 rings (SSSR count). The Balaban J connectivity index is 2.24. The first kappa shape index (κ1) is 10.9. The molecule has 2 nitrogen and oxygen atoms in total. The molecule has 84 valence electrons. The standard InChI is InChI=1S/C13H20O2/c1-9(14)7-11-12-10(8-15-11)5-4-6-13(12,2)3/h11H,4-8H2,1-3H3/t11-/m1/s1. The molecule has 0 spiro atoms. The van der Waals surface area contributed by atoms with Crippen LogP contribution in [0.15, 0.2) is 11.1 Å². The maximum atomic E-state index is 11.2. The van der Waals surface area contributed by atoms with Crippen LogP contribution in [0.5, 0.6) is 0 Å².